The van der Waals surface area contributed by atoms with Gasteiger partial charge < -0.3 is 20.7 Å². The van der Waals surface area contributed by atoms with Gasteiger partial charge in [0.1, 0.15) is 5.60 Å². The van der Waals surface area contributed by atoms with Crippen molar-refractivity contribution >= 4 is 12.1 Å². The van der Waals surface area contributed by atoms with Crippen molar-refractivity contribution < 1.29 is 9.53 Å². The van der Waals surface area contributed by atoms with E-state index in [1.165, 1.54) is 0 Å². The number of alkyl carbamates (subject to hydrolysis) is 1. The number of amides is 1. The summed E-state index contributed by atoms with van der Waals surface area (Å²) in [5, 5.41) is 9.33. The molecule has 7 heteroatoms. The number of likely N-dealkylation sites (N-methyl/N-ethyl adjacent to an activating group) is 1. The van der Waals surface area contributed by atoms with E-state index < -0.39 is 5.60 Å². The first-order valence-corrected chi connectivity index (χ1v) is 8.88. The van der Waals surface area contributed by atoms with Gasteiger partial charge in [-0.1, -0.05) is 13.8 Å². The number of ether oxygens (including phenoxy) is 1. The molecule has 142 valence electrons. The Morgan fingerprint density at radius 3 is 2.21 bits per heavy atom. The third kappa shape index (κ3) is 11.1. The van der Waals surface area contributed by atoms with Crippen LogP contribution in [0.2, 0.25) is 0 Å². The van der Waals surface area contributed by atoms with Crippen LogP contribution < -0.4 is 16.0 Å². The lowest BCUT2D eigenvalue weighted by Crippen LogP contribution is -2.46. The highest BCUT2D eigenvalue weighted by Crippen LogP contribution is 2.06. The molecule has 0 aromatic carbocycles. The van der Waals surface area contributed by atoms with Crippen molar-refractivity contribution in [1.82, 2.24) is 20.9 Å². The molecule has 1 amide bonds. The van der Waals surface area contributed by atoms with Gasteiger partial charge >= 0.3 is 6.09 Å². The molecule has 0 radical (unpaired) electrons. The smallest absolute Gasteiger partial charge is 0.407 e. The molecule has 0 aliphatic rings. The lowest BCUT2D eigenvalue weighted by molar-refractivity contribution is 0.0527. The molecule has 3 N–H and O–H groups in total. The first-order chi connectivity index (χ1) is 11.2. The molecule has 0 rings (SSSR count). The van der Waals surface area contributed by atoms with Crippen LogP contribution in [0.15, 0.2) is 4.99 Å². The van der Waals surface area contributed by atoms with Gasteiger partial charge in [-0.3, -0.25) is 9.89 Å². The SMILES string of the molecule is CCN(CC)C(C)CNC(=NC)NCCCNC(=O)OC(C)(C)C. The van der Waals surface area contributed by atoms with Crippen LogP contribution >= 0.6 is 0 Å². The second-order valence-corrected chi connectivity index (χ2v) is 6.73. The molecule has 0 aromatic heterocycles. The molecule has 0 heterocycles. The normalized spacial score (nSPS) is 13.6. The van der Waals surface area contributed by atoms with Gasteiger partial charge in [0.15, 0.2) is 5.96 Å². The number of nitrogens with zero attached hydrogens (tertiary/aromatic N) is 2. The fourth-order valence-electron chi connectivity index (χ4n) is 2.24. The Hall–Kier alpha value is -1.50. The maximum Gasteiger partial charge on any atom is 0.407 e. The number of guanidine groups is 1. The third-order valence-electron chi connectivity index (χ3n) is 3.54. The Morgan fingerprint density at radius 2 is 1.71 bits per heavy atom. The lowest BCUT2D eigenvalue weighted by atomic mass is 10.2. The zero-order valence-electron chi connectivity index (χ0n) is 16.5. The van der Waals surface area contributed by atoms with Crippen LogP contribution in [0, 0.1) is 0 Å². The average molecular weight is 344 g/mol. The van der Waals surface area contributed by atoms with E-state index in [1.54, 1.807) is 7.05 Å². The molecule has 1 atom stereocenters. The van der Waals surface area contributed by atoms with Crippen molar-refractivity contribution in [1.29, 1.82) is 0 Å². The Balaban J connectivity index is 3.90. The quantitative estimate of drug-likeness (QED) is 0.338. The Morgan fingerprint density at radius 1 is 1.12 bits per heavy atom. The monoisotopic (exact) mass is 343 g/mol. The number of hydrogen-bond acceptors (Lipinski definition) is 4. The highest BCUT2D eigenvalue weighted by molar-refractivity contribution is 5.79. The second-order valence-electron chi connectivity index (χ2n) is 6.73. The fraction of sp³-hybridized carbons (Fsp3) is 0.882. The highest BCUT2D eigenvalue weighted by Gasteiger charge is 2.15. The van der Waals surface area contributed by atoms with Crippen LogP contribution in [0.4, 0.5) is 4.79 Å². The summed E-state index contributed by atoms with van der Waals surface area (Å²) < 4.78 is 5.18. The van der Waals surface area contributed by atoms with E-state index in [1.807, 2.05) is 20.8 Å². The standard InChI is InChI=1S/C17H37N5O2/c1-8-22(9-2)14(3)13-21-15(18-7)19-11-10-12-20-16(23)24-17(4,5)6/h14H,8-13H2,1-7H3,(H,20,23)(H2,18,19,21). The van der Waals surface area contributed by atoms with E-state index in [2.05, 4.69) is 46.6 Å². The lowest BCUT2D eigenvalue weighted by Gasteiger charge is -2.27. The summed E-state index contributed by atoms with van der Waals surface area (Å²) in [7, 11) is 1.76. The van der Waals surface area contributed by atoms with Crippen molar-refractivity contribution in [2.24, 2.45) is 4.99 Å². The predicted octanol–water partition coefficient (Wildman–Crippen LogP) is 1.80. The minimum Gasteiger partial charge on any atom is -0.444 e. The van der Waals surface area contributed by atoms with Gasteiger partial charge in [-0.25, -0.2) is 4.79 Å². The van der Waals surface area contributed by atoms with E-state index in [4.69, 9.17) is 4.74 Å². The average Bonchev–Trinajstić information content (AvgIpc) is 2.49. The second kappa shape index (κ2) is 11.9. The summed E-state index contributed by atoms with van der Waals surface area (Å²) in [6, 6.07) is 0.451. The van der Waals surface area contributed by atoms with Crippen LogP contribution in [0.3, 0.4) is 0 Å². The molecule has 7 nitrogen and oxygen atoms in total. The highest BCUT2D eigenvalue weighted by atomic mass is 16.6. The first-order valence-electron chi connectivity index (χ1n) is 8.88. The van der Waals surface area contributed by atoms with Gasteiger partial charge in [-0.2, -0.15) is 0 Å². The molecular weight excluding hydrogens is 306 g/mol. The van der Waals surface area contributed by atoms with Crippen LogP contribution in [0.25, 0.3) is 0 Å². The Kier molecular flexibility index (Phi) is 11.2. The topological polar surface area (TPSA) is 78.0 Å². The zero-order chi connectivity index (χ0) is 18.6. The van der Waals surface area contributed by atoms with Crippen molar-refractivity contribution in [3.8, 4) is 0 Å². The molecule has 0 aliphatic carbocycles. The number of aliphatic imine (C=N–C) groups is 1. The van der Waals surface area contributed by atoms with Gasteiger partial charge in [0.05, 0.1) is 0 Å². The van der Waals surface area contributed by atoms with Gasteiger partial charge in [0.25, 0.3) is 0 Å². The maximum absolute atomic E-state index is 11.5. The number of hydrogen-bond donors (Lipinski definition) is 3. The van der Waals surface area contributed by atoms with E-state index in [-0.39, 0.29) is 6.09 Å². The van der Waals surface area contributed by atoms with E-state index in [0.717, 1.165) is 38.6 Å². The summed E-state index contributed by atoms with van der Waals surface area (Å²) >= 11 is 0. The van der Waals surface area contributed by atoms with Gasteiger partial charge in [-0.15, -0.1) is 0 Å². The van der Waals surface area contributed by atoms with Crippen molar-refractivity contribution in [2.75, 3.05) is 39.8 Å². The van der Waals surface area contributed by atoms with Crippen molar-refractivity contribution in [2.45, 2.75) is 59.6 Å². The van der Waals surface area contributed by atoms with Crippen LogP contribution in [-0.4, -0.2) is 68.4 Å². The number of carbonyl (C=O) groups excluding carboxylic acids is 1. The minimum absolute atomic E-state index is 0.377. The molecule has 1 unspecified atom stereocenters. The maximum atomic E-state index is 11.5. The zero-order valence-corrected chi connectivity index (χ0v) is 16.5. The summed E-state index contributed by atoms with van der Waals surface area (Å²) in [4.78, 5) is 18.1. The molecule has 0 spiro atoms. The summed E-state index contributed by atoms with van der Waals surface area (Å²) in [6.07, 6.45) is 0.420. The van der Waals surface area contributed by atoms with E-state index >= 15 is 0 Å². The summed E-state index contributed by atoms with van der Waals surface area (Å²) in [5.41, 5.74) is -0.462. The first kappa shape index (κ1) is 22.5. The van der Waals surface area contributed by atoms with Crippen molar-refractivity contribution in [3.63, 3.8) is 0 Å². The van der Waals surface area contributed by atoms with Gasteiger partial charge in [0.2, 0.25) is 0 Å². The van der Waals surface area contributed by atoms with Crippen LogP contribution in [-0.2, 0) is 4.74 Å². The van der Waals surface area contributed by atoms with Crippen molar-refractivity contribution in [3.05, 3.63) is 0 Å². The molecule has 0 fully saturated rings. The molecule has 24 heavy (non-hydrogen) atoms. The van der Waals surface area contributed by atoms with Gasteiger partial charge in [0, 0.05) is 32.7 Å². The molecule has 0 aliphatic heterocycles. The van der Waals surface area contributed by atoms with E-state index in [0.29, 0.717) is 12.6 Å². The number of rotatable bonds is 9. The third-order valence-corrected chi connectivity index (χ3v) is 3.54. The van der Waals surface area contributed by atoms with Gasteiger partial charge in [-0.05, 0) is 47.2 Å². The Labute approximate surface area is 147 Å². The fourth-order valence-corrected chi connectivity index (χ4v) is 2.24. The number of nitrogens with one attached hydrogen (secondary N) is 3. The summed E-state index contributed by atoms with van der Waals surface area (Å²) in [6.45, 7) is 16.3. The largest absolute Gasteiger partial charge is 0.444 e. The Bertz CT molecular complexity index is 376. The van der Waals surface area contributed by atoms with Crippen LogP contribution in [0.1, 0.15) is 48.0 Å². The van der Waals surface area contributed by atoms with E-state index in [9.17, 15) is 4.79 Å². The summed E-state index contributed by atoms with van der Waals surface area (Å²) in [5.74, 6) is 0.784. The molecule has 0 saturated heterocycles. The molecular formula is C17H37N5O2. The minimum atomic E-state index is -0.462. The number of carbonyl (C=O) groups is 1. The predicted molar refractivity (Wildman–Crippen MR) is 101 cm³/mol. The van der Waals surface area contributed by atoms with Crippen LogP contribution in [0.5, 0.6) is 0 Å². The molecule has 0 bridgehead atoms. The molecule has 0 aromatic rings. The molecule has 0 saturated carbocycles.